The molecule has 0 fully saturated rings. The zero-order valence-corrected chi connectivity index (χ0v) is 19.9. The molecule has 0 aliphatic heterocycles. The number of carbonyl (C=O) groups is 2. The van der Waals surface area contributed by atoms with Crippen molar-refractivity contribution in [2.75, 3.05) is 0 Å². The molecule has 0 heterocycles. The highest BCUT2D eigenvalue weighted by Gasteiger charge is 2.22. The Labute approximate surface area is 189 Å². The van der Waals surface area contributed by atoms with E-state index in [1.165, 1.54) is 70.3 Å². The average molecular weight is 433 g/mol. The van der Waals surface area contributed by atoms with Crippen LogP contribution in [0.15, 0.2) is 12.1 Å². The number of carboxylic acids is 2. The zero-order valence-electron chi connectivity index (χ0n) is 19.9. The fraction of sp³-hybridized carbons (Fsp3) is 0.704. The lowest BCUT2D eigenvalue weighted by Gasteiger charge is -2.15. The minimum Gasteiger partial charge on any atom is -0.478 e. The average Bonchev–Trinajstić information content (AvgIpc) is 2.74. The third kappa shape index (κ3) is 10.8. The molecule has 0 unspecified atom stereocenters. The topological polar surface area (TPSA) is 74.6 Å². The summed E-state index contributed by atoms with van der Waals surface area (Å²) in [5, 5.41) is 19.3. The van der Waals surface area contributed by atoms with Crippen LogP contribution in [-0.2, 0) is 12.8 Å². The van der Waals surface area contributed by atoms with Crippen LogP contribution in [0.4, 0.5) is 0 Å². The van der Waals surface area contributed by atoms with E-state index in [1.807, 2.05) is 6.07 Å². The zero-order chi connectivity index (χ0) is 22.9. The van der Waals surface area contributed by atoms with E-state index >= 15 is 0 Å². The van der Waals surface area contributed by atoms with Gasteiger partial charge < -0.3 is 10.2 Å². The molecule has 0 saturated carbocycles. The molecule has 31 heavy (non-hydrogen) atoms. The van der Waals surface area contributed by atoms with Crippen LogP contribution in [0, 0.1) is 0 Å². The van der Waals surface area contributed by atoms with E-state index in [9.17, 15) is 19.8 Å². The summed E-state index contributed by atoms with van der Waals surface area (Å²) in [6, 6.07) is 3.34. The fourth-order valence-corrected chi connectivity index (χ4v) is 4.34. The van der Waals surface area contributed by atoms with Crippen molar-refractivity contribution in [2.24, 2.45) is 0 Å². The molecule has 0 amide bonds. The number of benzene rings is 1. The number of hydrogen-bond donors (Lipinski definition) is 2. The van der Waals surface area contributed by atoms with Crippen LogP contribution in [0.2, 0.25) is 0 Å². The summed E-state index contributed by atoms with van der Waals surface area (Å²) in [6.45, 7) is 4.43. The standard InChI is InChI=1S/C27H44O4/c1-3-5-7-9-11-13-15-17-19-23-22(18-16-14-12-10-8-6-4-2)20-21-24(26(28)29)25(23)27(30)31/h20-21H,3-19H2,1-2H3,(H,28,29)(H,30,31). The number of rotatable bonds is 19. The maximum atomic E-state index is 11.9. The van der Waals surface area contributed by atoms with Crippen LogP contribution in [-0.4, -0.2) is 22.2 Å². The van der Waals surface area contributed by atoms with Crippen LogP contribution in [0.25, 0.3) is 0 Å². The van der Waals surface area contributed by atoms with Gasteiger partial charge in [0.15, 0.2) is 0 Å². The first-order chi connectivity index (χ1) is 15.0. The second-order valence-corrected chi connectivity index (χ2v) is 8.83. The van der Waals surface area contributed by atoms with Gasteiger partial charge in [-0.15, -0.1) is 0 Å². The van der Waals surface area contributed by atoms with Gasteiger partial charge in [0.2, 0.25) is 0 Å². The van der Waals surface area contributed by atoms with Crippen molar-refractivity contribution < 1.29 is 19.8 Å². The van der Waals surface area contributed by atoms with Crippen LogP contribution in [0.1, 0.15) is 142 Å². The number of aromatic carboxylic acids is 2. The molecule has 0 radical (unpaired) electrons. The summed E-state index contributed by atoms with van der Waals surface area (Å²) < 4.78 is 0. The molecule has 4 nitrogen and oxygen atoms in total. The third-order valence-corrected chi connectivity index (χ3v) is 6.18. The molecular weight excluding hydrogens is 388 g/mol. The first-order valence-corrected chi connectivity index (χ1v) is 12.6. The Bertz CT molecular complexity index is 651. The minimum atomic E-state index is -1.16. The summed E-state index contributed by atoms with van der Waals surface area (Å²) >= 11 is 0. The van der Waals surface area contributed by atoms with Crippen LogP contribution >= 0.6 is 0 Å². The lowest BCUT2D eigenvalue weighted by molar-refractivity contribution is 0.0650. The van der Waals surface area contributed by atoms with E-state index in [2.05, 4.69) is 13.8 Å². The molecule has 1 aromatic rings. The molecule has 0 aliphatic carbocycles. The van der Waals surface area contributed by atoms with E-state index in [4.69, 9.17) is 0 Å². The molecule has 4 heteroatoms. The van der Waals surface area contributed by atoms with E-state index in [0.717, 1.165) is 49.7 Å². The number of hydrogen-bond acceptors (Lipinski definition) is 2. The van der Waals surface area contributed by atoms with Crippen molar-refractivity contribution in [2.45, 2.75) is 123 Å². The summed E-state index contributed by atoms with van der Waals surface area (Å²) in [6.07, 6.45) is 19.5. The minimum absolute atomic E-state index is 0.0101. The molecule has 1 aromatic carbocycles. The van der Waals surface area contributed by atoms with Crippen LogP contribution in [0.5, 0.6) is 0 Å². The van der Waals surface area contributed by atoms with Gasteiger partial charge in [0.05, 0.1) is 11.1 Å². The largest absolute Gasteiger partial charge is 0.478 e. The van der Waals surface area contributed by atoms with E-state index in [-0.39, 0.29) is 11.1 Å². The maximum Gasteiger partial charge on any atom is 0.336 e. The fourth-order valence-electron chi connectivity index (χ4n) is 4.34. The smallest absolute Gasteiger partial charge is 0.336 e. The van der Waals surface area contributed by atoms with E-state index in [1.54, 1.807) is 0 Å². The molecule has 0 aliphatic rings. The Hall–Kier alpha value is -1.84. The number of carboxylic acid groups (broad SMARTS) is 2. The number of aryl methyl sites for hydroxylation is 1. The van der Waals surface area contributed by atoms with Crippen LogP contribution in [0.3, 0.4) is 0 Å². The predicted octanol–water partition coefficient (Wildman–Crippen LogP) is 8.06. The monoisotopic (exact) mass is 432 g/mol. The Balaban J connectivity index is 2.71. The lowest BCUT2D eigenvalue weighted by atomic mass is 9.89. The molecule has 0 aromatic heterocycles. The molecule has 0 bridgehead atoms. The van der Waals surface area contributed by atoms with Gasteiger partial charge in [-0.3, -0.25) is 0 Å². The molecule has 0 saturated heterocycles. The quantitative estimate of drug-likeness (QED) is 0.217. The van der Waals surface area contributed by atoms with Gasteiger partial charge in [-0.2, -0.15) is 0 Å². The van der Waals surface area contributed by atoms with Crippen molar-refractivity contribution >= 4 is 11.9 Å². The highest BCUT2D eigenvalue weighted by Crippen LogP contribution is 2.25. The van der Waals surface area contributed by atoms with Crippen molar-refractivity contribution in [1.29, 1.82) is 0 Å². The second kappa shape index (κ2) is 16.8. The van der Waals surface area contributed by atoms with E-state index in [0.29, 0.717) is 6.42 Å². The van der Waals surface area contributed by atoms with Gasteiger partial charge >= 0.3 is 11.9 Å². The number of unbranched alkanes of at least 4 members (excludes halogenated alkanes) is 13. The van der Waals surface area contributed by atoms with Crippen molar-refractivity contribution in [3.8, 4) is 0 Å². The molecule has 0 atom stereocenters. The molecular formula is C27H44O4. The van der Waals surface area contributed by atoms with Gasteiger partial charge in [0.1, 0.15) is 0 Å². The summed E-state index contributed by atoms with van der Waals surface area (Å²) in [4.78, 5) is 23.6. The van der Waals surface area contributed by atoms with Crippen molar-refractivity contribution in [3.05, 3.63) is 34.4 Å². The van der Waals surface area contributed by atoms with Gasteiger partial charge in [-0.1, -0.05) is 103 Å². The summed E-state index contributed by atoms with van der Waals surface area (Å²) in [5.41, 5.74) is 1.71. The second-order valence-electron chi connectivity index (χ2n) is 8.83. The summed E-state index contributed by atoms with van der Waals surface area (Å²) in [5.74, 6) is -2.27. The van der Waals surface area contributed by atoms with Crippen LogP contribution < -0.4 is 0 Å². The third-order valence-electron chi connectivity index (χ3n) is 6.18. The lowest BCUT2D eigenvalue weighted by Crippen LogP contribution is -2.14. The first kappa shape index (κ1) is 27.2. The Morgan fingerprint density at radius 1 is 0.613 bits per heavy atom. The first-order valence-electron chi connectivity index (χ1n) is 12.6. The van der Waals surface area contributed by atoms with Crippen molar-refractivity contribution in [1.82, 2.24) is 0 Å². The highest BCUT2D eigenvalue weighted by molar-refractivity contribution is 6.03. The predicted molar refractivity (Wildman–Crippen MR) is 128 cm³/mol. The normalized spacial score (nSPS) is 11.0. The van der Waals surface area contributed by atoms with Crippen molar-refractivity contribution in [3.63, 3.8) is 0 Å². The molecule has 176 valence electrons. The highest BCUT2D eigenvalue weighted by atomic mass is 16.4. The van der Waals surface area contributed by atoms with Gasteiger partial charge in [-0.05, 0) is 42.9 Å². The Morgan fingerprint density at radius 3 is 1.52 bits per heavy atom. The Morgan fingerprint density at radius 2 is 1.06 bits per heavy atom. The maximum absolute atomic E-state index is 11.9. The Kier molecular flexibility index (Phi) is 14.7. The van der Waals surface area contributed by atoms with E-state index < -0.39 is 11.9 Å². The van der Waals surface area contributed by atoms with Gasteiger partial charge in [0, 0.05) is 0 Å². The molecule has 0 spiro atoms. The molecule has 1 rings (SSSR count). The van der Waals surface area contributed by atoms with Gasteiger partial charge in [-0.25, -0.2) is 9.59 Å². The summed E-state index contributed by atoms with van der Waals surface area (Å²) in [7, 11) is 0. The SMILES string of the molecule is CCCCCCCCCCc1c(CCCCCCCCC)ccc(C(=O)O)c1C(=O)O. The molecule has 2 N–H and O–H groups in total. The van der Waals surface area contributed by atoms with Gasteiger partial charge in [0.25, 0.3) is 0 Å².